The highest BCUT2D eigenvalue weighted by molar-refractivity contribution is 5.44. The van der Waals surface area contributed by atoms with E-state index >= 15 is 0 Å². The summed E-state index contributed by atoms with van der Waals surface area (Å²) >= 11 is 0. The lowest BCUT2D eigenvalue weighted by atomic mass is 10.1. The van der Waals surface area contributed by atoms with Gasteiger partial charge in [0.2, 0.25) is 0 Å². The highest BCUT2D eigenvalue weighted by Gasteiger charge is 2.06. The highest BCUT2D eigenvalue weighted by atomic mass is 14.9. The molecular formula is C12H20N2. The maximum atomic E-state index is 5.93. The third-order valence-electron chi connectivity index (χ3n) is 2.45. The lowest BCUT2D eigenvalue weighted by molar-refractivity contribution is 0.511. The molecule has 0 saturated heterocycles. The predicted molar refractivity (Wildman–Crippen MR) is 62.5 cm³/mol. The van der Waals surface area contributed by atoms with Crippen LogP contribution in [0, 0.1) is 12.8 Å². The first-order valence-electron chi connectivity index (χ1n) is 5.15. The number of nitrogens with two attached hydrogens (primary N) is 1. The van der Waals surface area contributed by atoms with Crippen molar-refractivity contribution >= 4 is 5.69 Å². The summed E-state index contributed by atoms with van der Waals surface area (Å²) < 4.78 is 0. The molecule has 0 heterocycles. The number of benzene rings is 1. The van der Waals surface area contributed by atoms with Gasteiger partial charge < -0.3 is 11.1 Å². The third kappa shape index (κ3) is 3.38. The molecule has 0 radical (unpaired) electrons. The molecule has 2 heteroatoms. The molecule has 1 aromatic carbocycles. The van der Waals surface area contributed by atoms with Crippen LogP contribution in [-0.2, 0) is 0 Å². The zero-order valence-electron chi connectivity index (χ0n) is 9.25. The minimum atomic E-state index is 0.219. The van der Waals surface area contributed by atoms with Crippen molar-refractivity contribution in [2.24, 2.45) is 11.7 Å². The highest BCUT2D eigenvalue weighted by Crippen LogP contribution is 2.09. The molecule has 1 aromatic rings. The van der Waals surface area contributed by atoms with Gasteiger partial charge in [-0.25, -0.2) is 0 Å². The van der Waals surface area contributed by atoms with Crippen molar-refractivity contribution < 1.29 is 0 Å². The summed E-state index contributed by atoms with van der Waals surface area (Å²) in [5.41, 5.74) is 8.36. The van der Waals surface area contributed by atoms with Crippen LogP contribution in [0.15, 0.2) is 24.3 Å². The molecule has 1 rings (SSSR count). The Morgan fingerprint density at radius 1 is 1.21 bits per heavy atom. The van der Waals surface area contributed by atoms with Gasteiger partial charge in [0.1, 0.15) is 0 Å². The summed E-state index contributed by atoms with van der Waals surface area (Å²) in [6.07, 6.45) is 0. The first-order chi connectivity index (χ1) is 6.59. The Morgan fingerprint density at radius 3 is 2.29 bits per heavy atom. The van der Waals surface area contributed by atoms with Gasteiger partial charge in [-0.1, -0.05) is 31.5 Å². The molecule has 0 saturated carbocycles. The van der Waals surface area contributed by atoms with Crippen LogP contribution in [0.2, 0.25) is 0 Å². The van der Waals surface area contributed by atoms with Crippen molar-refractivity contribution in [2.45, 2.75) is 26.8 Å². The van der Waals surface area contributed by atoms with E-state index in [-0.39, 0.29) is 6.04 Å². The van der Waals surface area contributed by atoms with Crippen molar-refractivity contribution in [3.8, 4) is 0 Å². The zero-order chi connectivity index (χ0) is 10.6. The van der Waals surface area contributed by atoms with Crippen LogP contribution in [-0.4, -0.2) is 12.6 Å². The first kappa shape index (κ1) is 11.1. The molecule has 0 aromatic heterocycles. The molecule has 3 N–H and O–H groups in total. The molecule has 1 atom stereocenters. The second kappa shape index (κ2) is 5.01. The van der Waals surface area contributed by atoms with E-state index in [9.17, 15) is 0 Å². The lowest BCUT2D eigenvalue weighted by Crippen LogP contribution is -2.33. The maximum Gasteiger partial charge on any atom is 0.0340 e. The number of hydrogen-bond donors (Lipinski definition) is 2. The molecule has 0 aliphatic heterocycles. The molecule has 0 spiro atoms. The quantitative estimate of drug-likeness (QED) is 0.768. The molecule has 0 aliphatic rings. The first-order valence-corrected chi connectivity index (χ1v) is 5.15. The van der Waals surface area contributed by atoms with E-state index in [0.29, 0.717) is 5.92 Å². The molecule has 2 nitrogen and oxygen atoms in total. The van der Waals surface area contributed by atoms with Crippen LogP contribution in [0.25, 0.3) is 0 Å². The molecular weight excluding hydrogens is 172 g/mol. The summed E-state index contributed by atoms with van der Waals surface area (Å²) in [5.74, 6) is 0.521. The molecule has 0 amide bonds. The van der Waals surface area contributed by atoms with Gasteiger partial charge in [-0.15, -0.1) is 0 Å². The van der Waals surface area contributed by atoms with Crippen LogP contribution < -0.4 is 11.1 Å². The molecule has 14 heavy (non-hydrogen) atoms. The van der Waals surface area contributed by atoms with Gasteiger partial charge in [-0.05, 0) is 25.0 Å². The van der Waals surface area contributed by atoms with Crippen LogP contribution in [0.1, 0.15) is 19.4 Å². The summed E-state index contributed by atoms with van der Waals surface area (Å²) in [5, 5.41) is 3.33. The van der Waals surface area contributed by atoms with Gasteiger partial charge in [0.15, 0.2) is 0 Å². The van der Waals surface area contributed by atoms with Gasteiger partial charge in [0, 0.05) is 18.3 Å². The summed E-state index contributed by atoms with van der Waals surface area (Å²) in [7, 11) is 0. The van der Waals surface area contributed by atoms with Gasteiger partial charge in [0.25, 0.3) is 0 Å². The van der Waals surface area contributed by atoms with Gasteiger partial charge in [-0.3, -0.25) is 0 Å². The normalized spacial score (nSPS) is 12.9. The second-order valence-corrected chi connectivity index (χ2v) is 4.15. The Kier molecular flexibility index (Phi) is 3.96. The Balaban J connectivity index is 2.42. The Bertz CT molecular complexity index is 264. The Morgan fingerprint density at radius 2 is 1.79 bits per heavy atom. The number of anilines is 1. The Hall–Kier alpha value is -1.02. The van der Waals surface area contributed by atoms with Gasteiger partial charge in [0.05, 0.1) is 0 Å². The molecule has 0 unspecified atom stereocenters. The number of aryl methyl sites for hydroxylation is 1. The maximum absolute atomic E-state index is 5.93. The van der Waals surface area contributed by atoms with E-state index in [1.165, 1.54) is 5.56 Å². The molecule has 0 bridgehead atoms. The molecule has 0 fully saturated rings. The van der Waals surface area contributed by atoms with Crippen molar-refractivity contribution in [3.63, 3.8) is 0 Å². The number of rotatable bonds is 4. The van der Waals surface area contributed by atoms with Crippen molar-refractivity contribution in [1.82, 2.24) is 0 Å². The summed E-state index contributed by atoms with van der Waals surface area (Å²) in [4.78, 5) is 0. The smallest absolute Gasteiger partial charge is 0.0340 e. The fraction of sp³-hybridized carbons (Fsp3) is 0.500. The van der Waals surface area contributed by atoms with E-state index in [4.69, 9.17) is 5.73 Å². The van der Waals surface area contributed by atoms with Crippen molar-refractivity contribution in [1.29, 1.82) is 0 Å². The summed E-state index contributed by atoms with van der Waals surface area (Å²) in [6.45, 7) is 7.20. The molecule has 0 aliphatic carbocycles. The predicted octanol–water partition coefficient (Wildman–Crippen LogP) is 2.39. The standard InChI is InChI=1S/C12H20N2/c1-9(2)12(13)8-14-11-6-4-10(3)5-7-11/h4-7,9,12,14H,8,13H2,1-3H3/t12-/m0/s1. The van der Waals surface area contributed by atoms with Gasteiger partial charge in [-0.2, -0.15) is 0 Å². The van der Waals surface area contributed by atoms with E-state index in [1.54, 1.807) is 0 Å². The van der Waals surface area contributed by atoms with Crippen LogP contribution >= 0.6 is 0 Å². The molecule has 78 valence electrons. The van der Waals surface area contributed by atoms with E-state index < -0.39 is 0 Å². The monoisotopic (exact) mass is 192 g/mol. The summed E-state index contributed by atoms with van der Waals surface area (Å²) in [6, 6.07) is 8.59. The van der Waals surface area contributed by atoms with E-state index in [1.807, 2.05) is 0 Å². The average molecular weight is 192 g/mol. The van der Waals surface area contributed by atoms with Crippen molar-refractivity contribution in [3.05, 3.63) is 29.8 Å². The van der Waals surface area contributed by atoms with E-state index in [0.717, 1.165) is 12.2 Å². The number of hydrogen-bond acceptors (Lipinski definition) is 2. The third-order valence-corrected chi connectivity index (χ3v) is 2.45. The fourth-order valence-electron chi connectivity index (χ4n) is 1.14. The number of nitrogens with one attached hydrogen (secondary N) is 1. The topological polar surface area (TPSA) is 38.0 Å². The van der Waals surface area contributed by atoms with Crippen LogP contribution in [0.5, 0.6) is 0 Å². The fourth-order valence-corrected chi connectivity index (χ4v) is 1.14. The minimum absolute atomic E-state index is 0.219. The Labute approximate surface area is 86.5 Å². The minimum Gasteiger partial charge on any atom is -0.383 e. The largest absolute Gasteiger partial charge is 0.383 e. The van der Waals surface area contributed by atoms with Gasteiger partial charge >= 0.3 is 0 Å². The average Bonchev–Trinajstić information content (AvgIpc) is 2.16. The SMILES string of the molecule is Cc1ccc(NC[C@H](N)C(C)C)cc1. The van der Waals surface area contributed by atoms with E-state index in [2.05, 4.69) is 50.4 Å². The zero-order valence-corrected chi connectivity index (χ0v) is 9.25. The second-order valence-electron chi connectivity index (χ2n) is 4.15. The lowest BCUT2D eigenvalue weighted by Gasteiger charge is -2.16. The van der Waals surface area contributed by atoms with Crippen LogP contribution in [0.4, 0.5) is 5.69 Å². The van der Waals surface area contributed by atoms with Crippen LogP contribution in [0.3, 0.4) is 0 Å². The van der Waals surface area contributed by atoms with Crippen molar-refractivity contribution in [2.75, 3.05) is 11.9 Å².